The quantitative estimate of drug-likeness (QED) is 0.915. The van der Waals surface area contributed by atoms with Gasteiger partial charge in [-0.2, -0.15) is 0 Å². The van der Waals surface area contributed by atoms with Gasteiger partial charge in [-0.3, -0.25) is 9.59 Å². The number of benzene rings is 2. The number of halogens is 2. The Morgan fingerprint density at radius 3 is 2.57 bits per heavy atom. The highest BCUT2D eigenvalue weighted by Gasteiger charge is 2.17. The number of rotatable bonds is 4. The number of hydrogen-bond donors (Lipinski definition) is 1. The van der Waals surface area contributed by atoms with Crippen LogP contribution in [-0.2, 0) is 4.79 Å². The van der Waals surface area contributed by atoms with Crippen molar-refractivity contribution in [2.75, 3.05) is 17.3 Å². The van der Waals surface area contributed by atoms with Crippen LogP contribution < -0.4 is 10.2 Å². The fourth-order valence-electron chi connectivity index (χ4n) is 2.10. The number of nitrogens with one attached hydrogen (secondary N) is 1. The van der Waals surface area contributed by atoms with Crippen LogP contribution in [0.3, 0.4) is 0 Å². The molecule has 0 spiro atoms. The monoisotopic (exact) mass is 334 g/mol. The normalized spacial score (nSPS) is 10.3. The van der Waals surface area contributed by atoms with Crippen molar-refractivity contribution in [2.24, 2.45) is 0 Å². The molecule has 0 saturated heterocycles. The zero-order valence-electron chi connectivity index (χ0n) is 12.8. The Morgan fingerprint density at radius 1 is 1.22 bits per heavy atom. The third kappa shape index (κ3) is 3.87. The van der Waals surface area contributed by atoms with Gasteiger partial charge in [-0.1, -0.05) is 30.7 Å². The molecule has 2 rings (SSSR count). The Kier molecular flexibility index (Phi) is 5.34. The van der Waals surface area contributed by atoms with E-state index in [1.807, 2.05) is 0 Å². The Balaban J connectivity index is 2.29. The molecule has 0 bridgehead atoms. The molecule has 0 saturated carbocycles. The average Bonchev–Trinajstić information content (AvgIpc) is 2.56. The van der Waals surface area contributed by atoms with Gasteiger partial charge in [0, 0.05) is 19.2 Å². The molecule has 0 aliphatic heterocycles. The van der Waals surface area contributed by atoms with Gasteiger partial charge < -0.3 is 10.2 Å². The summed E-state index contributed by atoms with van der Waals surface area (Å²) in [6.07, 6.45) is 0.333. The van der Waals surface area contributed by atoms with Crippen LogP contribution in [0.25, 0.3) is 0 Å². The molecule has 0 aromatic heterocycles. The minimum atomic E-state index is -0.557. The summed E-state index contributed by atoms with van der Waals surface area (Å²) < 4.78 is 13.2. The fraction of sp³-hybridized carbons (Fsp3) is 0.176. The Labute approximate surface area is 138 Å². The van der Waals surface area contributed by atoms with Crippen LogP contribution >= 0.6 is 11.6 Å². The van der Waals surface area contributed by atoms with Gasteiger partial charge in [-0.15, -0.1) is 0 Å². The molecule has 4 nitrogen and oxygen atoms in total. The van der Waals surface area contributed by atoms with Gasteiger partial charge in [0.2, 0.25) is 5.91 Å². The van der Waals surface area contributed by atoms with Gasteiger partial charge in [-0.05, 0) is 30.3 Å². The Hall–Kier alpha value is -2.40. The van der Waals surface area contributed by atoms with E-state index in [4.69, 9.17) is 11.6 Å². The molecule has 2 aromatic carbocycles. The van der Waals surface area contributed by atoms with Crippen molar-refractivity contribution < 1.29 is 14.0 Å². The van der Waals surface area contributed by atoms with E-state index in [0.29, 0.717) is 23.4 Å². The highest BCUT2D eigenvalue weighted by Crippen LogP contribution is 2.23. The van der Waals surface area contributed by atoms with Crippen molar-refractivity contribution in [3.63, 3.8) is 0 Å². The maximum Gasteiger partial charge on any atom is 0.257 e. The van der Waals surface area contributed by atoms with Crippen molar-refractivity contribution >= 4 is 34.8 Å². The van der Waals surface area contributed by atoms with Crippen LogP contribution in [0.4, 0.5) is 15.8 Å². The van der Waals surface area contributed by atoms with E-state index in [-0.39, 0.29) is 10.9 Å². The summed E-state index contributed by atoms with van der Waals surface area (Å²) in [5.41, 5.74) is 1.22. The highest BCUT2D eigenvalue weighted by atomic mass is 35.5. The van der Waals surface area contributed by atoms with Gasteiger partial charge in [0.1, 0.15) is 5.82 Å². The summed E-state index contributed by atoms with van der Waals surface area (Å²) in [6.45, 7) is 1.75. The second kappa shape index (κ2) is 7.24. The van der Waals surface area contributed by atoms with Crippen molar-refractivity contribution in [3.05, 3.63) is 58.9 Å². The van der Waals surface area contributed by atoms with E-state index in [9.17, 15) is 14.0 Å². The molecule has 6 heteroatoms. The standard InChI is InChI=1S/C17H16ClFN2O2/c1-3-16(22)21(2)15-7-5-4-6-12(15)17(23)20-11-8-9-14(19)13(18)10-11/h4-10H,3H2,1-2H3,(H,20,23). The molecule has 23 heavy (non-hydrogen) atoms. The molecule has 1 N–H and O–H groups in total. The number of anilines is 2. The van der Waals surface area contributed by atoms with Crippen LogP contribution in [0.1, 0.15) is 23.7 Å². The molecule has 120 valence electrons. The lowest BCUT2D eigenvalue weighted by molar-refractivity contribution is -0.118. The lowest BCUT2D eigenvalue weighted by Gasteiger charge is -2.19. The van der Waals surface area contributed by atoms with Gasteiger partial charge in [0.15, 0.2) is 0 Å². The third-order valence-corrected chi connectivity index (χ3v) is 3.65. The van der Waals surface area contributed by atoms with Crippen LogP contribution in [0.5, 0.6) is 0 Å². The predicted octanol–water partition coefficient (Wildman–Crippen LogP) is 4.10. The number of para-hydroxylation sites is 1. The molecule has 0 heterocycles. The summed E-state index contributed by atoms with van der Waals surface area (Å²) in [5, 5.41) is 2.58. The van der Waals surface area contributed by atoms with Crippen molar-refractivity contribution in [2.45, 2.75) is 13.3 Å². The zero-order valence-corrected chi connectivity index (χ0v) is 13.5. The van der Waals surface area contributed by atoms with Gasteiger partial charge >= 0.3 is 0 Å². The molecule has 0 radical (unpaired) electrons. The highest BCUT2D eigenvalue weighted by molar-refractivity contribution is 6.31. The summed E-state index contributed by atoms with van der Waals surface area (Å²) in [7, 11) is 1.62. The summed E-state index contributed by atoms with van der Waals surface area (Å²) in [6, 6.07) is 10.7. The maximum absolute atomic E-state index is 13.2. The molecular formula is C17H16ClFN2O2. The van der Waals surface area contributed by atoms with Gasteiger partial charge in [0.05, 0.1) is 16.3 Å². The van der Waals surface area contributed by atoms with E-state index in [0.717, 1.165) is 0 Å². The summed E-state index contributed by atoms with van der Waals surface area (Å²) in [5.74, 6) is -1.06. The van der Waals surface area contributed by atoms with Crippen LogP contribution in [0, 0.1) is 5.82 Å². The first-order valence-corrected chi connectivity index (χ1v) is 7.43. The first-order chi connectivity index (χ1) is 10.9. The first kappa shape index (κ1) is 17.0. The number of nitrogens with zero attached hydrogens (tertiary/aromatic N) is 1. The Bertz CT molecular complexity index is 749. The summed E-state index contributed by atoms with van der Waals surface area (Å²) >= 11 is 5.71. The van der Waals surface area contributed by atoms with Crippen molar-refractivity contribution in [1.82, 2.24) is 0 Å². The maximum atomic E-state index is 13.2. The van der Waals surface area contributed by atoms with E-state index in [2.05, 4.69) is 5.32 Å². The number of amides is 2. The smallest absolute Gasteiger partial charge is 0.257 e. The second-order valence-corrected chi connectivity index (χ2v) is 5.31. The van der Waals surface area contributed by atoms with Crippen molar-refractivity contribution in [1.29, 1.82) is 0 Å². The molecule has 0 aliphatic rings. The first-order valence-electron chi connectivity index (χ1n) is 7.06. The van der Waals surface area contributed by atoms with Crippen LogP contribution in [-0.4, -0.2) is 18.9 Å². The zero-order chi connectivity index (χ0) is 17.0. The topological polar surface area (TPSA) is 49.4 Å². The number of hydrogen-bond acceptors (Lipinski definition) is 2. The lowest BCUT2D eigenvalue weighted by Crippen LogP contribution is -2.27. The Morgan fingerprint density at radius 2 is 1.91 bits per heavy atom. The molecule has 0 atom stereocenters. The SMILES string of the molecule is CCC(=O)N(C)c1ccccc1C(=O)Nc1ccc(F)c(Cl)c1. The lowest BCUT2D eigenvalue weighted by atomic mass is 10.1. The number of carbonyl (C=O) groups is 2. The van der Waals surface area contributed by atoms with Gasteiger partial charge in [-0.25, -0.2) is 4.39 Å². The van der Waals surface area contributed by atoms with E-state index >= 15 is 0 Å². The molecule has 2 amide bonds. The van der Waals surface area contributed by atoms with E-state index in [1.54, 1.807) is 38.2 Å². The largest absolute Gasteiger partial charge is 0.322 e. The third-order valence-electron chi connectivity index (χ3n) is 3.36. The predicted molar refractivity (Wildman–Crippen MR) is 89.5 cm³/mol. The van der Waals surface area contributed by atoms with E-state index in [1.165, 1.54) is 23.1 Å². The average molecular weight is 335 g/mol. The molecule has 2 aromatic rings. The minimum Gasteiger partial charge on any atom is -0.322 e. The molecule has 0 fully saturated rings. The molecule has 0 unspecified atom stereocenters. The molecular weight excluding hydrogens is 319 g/mol. The minimum absolute atomic E-state index is 0.0747. The van der Waals surface area contributed by atoms with Gasteiger partial charge in [0.25, 0.3) is 5.91 Å². The number of carbonyl (C=O) groups excluding carboxylic acids is 2. The summed E-state index contributed by atoms with van der Waals surface area (Å²) in [4.78, 5) is 25.8. The van der Waals surface area contributed by atoms with Crippen molar-refractivity contribution in [3.8, 4) is 0 Å². The van der Waals surface area contributed by atoms with E-state index < -0.39 is 11.7 Å². The van der Waals surface area contributed by atoms with Crippen LogP contribution in [0.15, 0.2) is 42.5 Å². The van der Waals surface area contributed by atoms with Crippen LogP contribution in [0.2, 0.25) is 5.02 Å². The molecule has 0 aliphatic carbocycles. The second-order valence-electron chi connectivity index (χ2n) is 4.91. The fourth-order valence-corrected chi connectivity index (χ4v) is 2.28.